The van der Waals surface area contributed by atoms with Crippen LogP contribution in [-0.2, 0) is 0 Å². The fraction of sp³-hybridized carbons (Fsp3) is 0.333. The van der Waals surface area contributed by atoms with Crippen molar-refractivity contribution in [3.63, 3.8) is 0 Å². The predicted molar refractivity (Wildman–Crippen MR) is 19.8 cm³/mol. The van der Waals surface area contributed by atoms with E-state index in [1.54, 1.807) is 0 Å². The first kappa shape index (κ1) is 8.82. The minimum absolute atomic E-state index is 0. The number of hydrogen-bond donors (Lipinski definition) is 0. The first-order chi connectivity index (χ1) is 1.91. The van der Waals surface area contributed by atoms with Crippen LogP contribution in [0.15, 0.2) is 12.7 Å². The van der Waals surface area contributed by atoms with Crippen LogP contribution in [0.2, 0.25) is 0 Å². The van der Waals surface area contributed by atoms with E-state index in [2.05, 4.69) is 6.58 Å². The van der Waals surface area contributed by atoms with E-state index in [0.29, 0.717) is 0 Å². The molecule has 0 heterocycles. The van der Waals surface area contributed by atoms with E-state index in [0.717, 1.165) is 0 Å². The molecule has 0 unspecified atom stereocenters. The van der Waals surface area contributed by atoms with Crippen molar-refractivity contribution in [3.05, 3.63) is 12.7 Å². The van der Waals surface area contributed by atoms with Gasteiger partial charge in [-0.1, -0.05) is 6.08 Å². The van der Waals surface area contributed by atoms with E-state index in [4.69, 9.17) is 0 Å². The normalized spacial score (nSPS) is 5.00. The lowest BCUT2D eigenvalue weighted by Gasteiger charge is -1.54. The molecule has 0 rings (SSSR count). The van der Waals surface area contributed by atoms with Crippen molar-refractivity contribution in [3.8, 4) is 0 Å². The van der Waals surface area contributed by atoms with E-state index >= 15 is 0 Å². The van der Waals surface area contributed by atoms with E-state index < -0.39 is 6.67 Å². The summed E-state index contributed by atoms with van der Waals surface area (Å²) in [5.74, 6) is 0. The van der Waals surface area contributed by atoms with Gasteiger partial charge >= 0.3 is 0 Å². The molecule has 0 fully saturated rings. The van der Waals surface area contributed by atoms with E-state index in [9.17, 15) is 4.39 Å². The van der Waals surface area contributed by atoms with Gasteiger partial charge in [-0.05, 0) is 0 Å². The van der Waals surface area contributed by atoms with Crippen molar-refractivity contribution in [1.29, 1.82) is 0 Å². The molecular weight excluding hydrogens is 71.0 g/mol. The van der Waals surface area contributed by atoms with Gasteiger partial charge in [0.25, 0.3) is 0 Å². The van der Waals surface area contributed by atoms with Crippen LogP contribution in [0.3, 0.4) is 0 Å². The summed E-state index contributed by atoms with van der Waals surface area (Å²) in [6.07, 6.45) is 1.21. The second-order valence-electron chi connectivity index (χ2n) is 0.443. The van der Waals surface area contributed by atoms with Crippen LogP contribution < -0.4 is 0 Å². The lowest BCUT2D eigenvalue weighted by molar-refractivity contribution is 0.562. The molecule has 0 amide bonds. The van der Waals surface area contributed by atoms with Crippen LogP contribution in [0.4, 0.5) is 4.39 Å². The molecule has 32 valence electrons. The van der Waals surface area contributed by atoms with Gasteiger partial charge in [0.05, 0.1) is 0 Å². The Balaban J connectivity index is 0. The van der Waals surface area contributed by atoms with Crippen molar-refractivity contribution in [2.75, 3.05) is 6.67 Å². The molecule has 0 aromatic carbocycles. The summed E-state index contributed by atoms with van der Waals surface area (Å²) in [5.41, 5.74) is 0. The Hall–Kier alpha value is -0.370. The monoisotopic (exact) mass is 78.0 g/mol. The Morgan fingerprint density at radius 2 is 2.00 bits per heavy atom. The molecule has 0 aliphatic carbocycles. The fourth-order valence-corrected chi connectivity index (χ4v) is 0. The Morgan fingerprint density at radius 1 is 1.80 bits per heavy atom. The quantitative estimate of drug-likeness (QED) is 0.404. The molecule has 0 aliphatic rings. The Bertz CT molecular complexity index is 20.9. The van der Waals surface area contributed by atoms with Gasteiger partial charge in [-0.2, -0.15) is 0 Å². The van der Waals surface area contributed by atoms with Gasteiger partial charge in [-0.25, -0.2) is 4.39 Å². The Morgan fingerprint density at radius 3 is 2.00 bits per heavy atom. The second kappa shape index (κ2) is 9.45. The molecule has 2 N–H and O–H groups in total. The molecule has 0 aliphatic heterocycles. The van der Waals surface area contributed by atoms with Crippen LogP contribution in [-0.4, -0.2) is 12.2 Å². The standard InChI is InChI=1S/C3H5F.H2O/c1-2-3-4;/h2H,1,3H2;1H2. The van der Waals surface area contributed by atoms with Crippen LogP contribution in [0, 0.1) is 0 Å². The van der Waals surface area contributed by atoms with E-state index in [1.807, 2.05) is 0 Å². The van der Waals surface area contributed by atoms with Gasteiger partial charge in [-0.15, -0.1) is 6.58 Å². The summed E-state index contributed by atoms with van der Waals surface area (Å²) in [6, 6.07) is 0. The summed E-state index contributed by atoms with van der Waals surface area (Å²) in [6.45, 7) is 2.69. The van der Waals surface area contributed by atoms with Crippen LogP contribution >= 0.6 is 0 Å². The van der Waals surface area contributed by atoms with Crippen molar-refractivity contribution in [1.82, 2.24) is 0 Å². The van der Waals surface area contributed by atoms with Gasteiger partial charge < -0.3 is 5.48 Å². The predicted octanol–water partition coefficient (Wildman–Crippen LogP) is 0.317. The maximum atomic E-state index is 10.6. The summed E-state index contributed by atoms with van der Waals surface area (Å²) in [4.78, 5) is 0. The van der Waals surface area contributed by atoms with E-state index in [-0.39, 0.29) is 5.48 Å². The minimum Gasteiger partial charge on any atom is -0.412 e. The molecule has 1 nitrogen and oxygen atoms in total. The summed E-state index contributed by atoms with van der Waals surface area (Å²) in [5, 5.41) is 0. The SMILES string of the molecule is C=CCF.O. The van der Waals surface area contributed by atoms with Crippen LogP contribution in [0.5, 0.6) is 0 Å². The smallest absolute Gasteiger partial charge is 0.107 e. The highest BCUT2D eigenvalue weighted by molar-refractivity contribution is 4.61. The third-order valence-electron chi connectivity index (χ3n) is 0.109. The third kappa shape index (κ3) is 24.3. The molecule has 0 aromatic heterocycles. The lowest BCUT2D eigenvalue weighted by atomic mass is 10.7. The molecule has 5 heavy (non-hydrogen) atoms. The van der Waals surface area contributed by atoms with Crippen LogP contribution in [0.1, 0.15) is 0 Å². The summed E-state index contributed by atoms with van der Waals surface area (Å²) < 4.78 is 10.6. The molecule has 0 saturated carbocycles. The average Bonchev–Trinajstić information content (AvgIpc) is 1.37. The maximum absolute atomic E-state index is 10.6. The largest absolute Gasteiger partial charge is 0.412 e. The molecule has 0 bridgehead atoms. The maximum Gasteiger partial charge on any atom is 0.107 e. The summed E-state index contributed by atoms with van der Waals surface area (Å²) >= 11 is 0. The highest BCUT2D eigenvalue weighted by atomic mass is 19.1. The molecule has 0 saturated heterocycles. The highest BCUT2D eigenvalue weighted by Gasteiger charge is 1.49. The van der Waals surface area contributed by atoms with Gasteiger partial charge in [0.15, 0.2) is 0 Å². The molecule has 0 aromatic rings. The fourth-order valence-electron chi connectivity index (χ4n) is 0. The molecular formula is C3H7FO. The molecule has 2 heteroatoms. The number of hydrogen-bond acceptors (Lipinski definition) is 0. The van der Waals surface area contributed by atoms with Crippen molar-refractivity contribution in [2.24, 2.45) is 0 Å². The minimum atomic E-state index is -0.417. The number of alkyl halides is 1. The first-order valence-electron chi connectivity index (χ1n) is 1.08. The van der Waals surface area contributed by atoms with Crippen molar-refractivity contribution < 1.29 is 9.87 Å². The number of allylic oxidation sites excluding steroid dienone is 1. The zero-order chi connectivity index (χ0) is 3.41. The Labute approximate surface area is 30.4 Å². The molecule has 0 spiro atoms. The zero-order valence-electron chi connectivity index (χ0n) is 2.87. The van der Waals surface area contributed by atoms with Crippen LogP contribution in [0.25, 0.3) is 0 Å². The average molecular weight is 78.1 g/mol. The molecule has 0 radical (unpaired) electrons. The van der Waals surface area contributed by atoms with Crippen molar-refractivity contribution in [2.45, 2.75) is 0 Å². The first-order valence-corrected chi connectivity index (χ1v) is 1.08. The summed E-state index contributed by atoms with van der Waals surface area (Å²) in [7, 11) is 0. The topological polar surface area (TPSA) is 31.5 Å². The Kier molecular flexibility index (Phi) is 16.7. The highest BCUT2D eigenvalue weighted by Crippen LogP contribution is 1.58. The third-order valence-corrected chi connectivity index (χ3v) is 0.109. The second-order valence-corrected chi connectivity index (χ2v) is 0.443. The van der Waals surface area contributed by atoms with E-state index in [1.165, 1.54) is 6.08 Å². The van der Waals surface area contributed by atoms with Gasteiger partial charge in [-0.3, -0.25) is 0 Å². The van der Waals surface area contributed by atoms with Gasteiger partial charge in [0.1, 0.15) is 6.67 Å². The lowest BCUT2D eigenvalue weighted by Crippen LogP contribution is -1.48. The van der Waals surface area contributed by atoms with Gasteiger partial charge in [0.2, 0.25) is 0 Å². The molecule has 0 atom stereocenters. The zero-order valence-corrected chi connectivity index (χ0v) is 2.87. The van der Waals surface area contributed by atoms with Crippen molar-refractivity contribution >= 4 is 0 Å². The van der Waals surface area contributed by atoms with Gasteiger partial charge in [0, 0.05) is 0 Å². The number of halogens is 1. The number of rotatable bonds is 1.